The van der Waals surface area contributed by atoms with E-state index >= 15 is 0 Å². The van der Waals surface area contributed by atoms with Crippen LogP contribution < -0.4 is 10.4 Å². The minimum atomic E-state index is -0.423. The van der Waals surface area contributed by atoms with Crippen molar-refractivity contribution < 1.29 is 14.3 Å². The number of rotatable bonds is 5. The van der Waals surface area contributed by atoms with E-state index in [1.807, 2.05) is 26.0 Å². The van der Waals surface area contributed by atoms with Gasteiger partial charge in [0.05, 0.1) is 12.7 Å². The Morgan fingerprint density at radius 1 is 1.18 bits per heavy atom. The van der Waals surface area contributed by atoms with E-state index in [1.54, 1.807) is 25.2 Å². The van der Waals surface area contributed by atoms with Crippen LogP contribution >= 0.6 is 11.6 Å². The Morgan fingerprint density at radius 2 is 1.93 bits per heavy atom. The van der Waals surface area contributed by atoms with Crippen LogP contribution in [-0.2, 0) is 18.4 Å². The maximum Gasteiger partial charge on any atom is 0.343 e. The fraction of sp³-hybridized carbons (Fsp3) is 0.250. The molecule has 0 fully saturated rings. The molecule has 0 radical (unpaired) electrons. The third-order valence-corrected chi connectivity index (χ3v) is 4.95. The lowest BCUT2D eigenvalue weighted by molar-refractivity contribution is 0.0601. The van der Waals surface area contributed by atoms with Gasteiger partial charge in [-0.15, -0.1) is 0 Å². The smallest absolute Gasteiger partial charge is 0.343 e. The van der Waals surface area contributed by atoms with Gasteiger partial charge < -0.3 is 9.47 Å². The number of halogens is 1. The van der Waals surface area contributed by atoms with Crippen molar-refractivity contribution in [3.8, 4) is 16.9 Å². The van der Waals surface area contributed by atoms with Crippen LogP contribution in [-0.4, -0.2) is 27.8 Å². The SMILES string of the molecule is COC(=O)c1ccc(C)c(-c2cc(Cl)c(C)cc2OCc2n[nH]c(=O)n2C)c1. The Hall–Kier alpha value is -3.06. The summed E-state index contributed by atoms with van der Waals surface area (Å²) in [5.74, 6) is 0.611. The van der Waals surface area contributed by atoms with Crippen LogP contribution in [0.2, 0.25) is 5.02 Å². The molecule has 0 aliphatic rings. The number of hydrogen-bond donors (Lipinski definition) is 1. The summed E-state index contributed by atoms with van der Waals surface area (Å²) in [6, 6.07) is 8.93. The van der Waals surface area contributed by atoms with Crippen molar-refractivity contribution in [2.24, 2.45) is 7.05 Å². The van der Waals surface area contributed by atoms with Gasteiger partial charge in [-0.25, -0.2) is 14.7 Å². The predicted octanol–water partition coefficient (Wildman–Crippen LogP) is 3.41. The largest absolute Gasteiger partial charge is 0.485 e. The molecule has 2 aromatic carbocycles. The van der Waals surface area contributed by atoms with Gasteiger partial charge in [0.2, 0.25) is 0 Å². The maximum absolute atomic E-state index is 11.9. The Morgan fingerprint density at radius 3 is 2.57 bits per heavy atom. The van der Waals surface area contributed by atoms with Gasteiger partial charge in [0.1, 0.15) is 12.4 Å². The van der Waals surface area contributed by atoms with Crippen molar-refractivity contribution in [3.63, 3.8) is 0 Å². The van der Waals surface area contributed by atoms with Gasteiger partial charge in [-0.3, -0.25) is 4.57 Å². The Balaban J connectivity index is 2.06. The third kappa shape index (κ3) is 3.80. The second-order valence-corrected chi connectivity index (χ2v) is 6.82. The standard InChI is InChI=1S/C20H20ClN3O4/c1-11-5-6-13(19(25)27-4)8-14(11)15-9-16(21)12(2)7-17(15)28-10-18-22-23-20(26)24(18)3/h5-9H,10H2,1-4H3,(H,23,26). The van der Waals surface area contributed by atoms with Crippen LogP contribution in [0.25, 0.3) is 11.1 Å². The fourth-order valence-electron chi connectivity index (χ4n) is 2.79. The molecule has 0 saturated heterocycles. The minimum absolute atomic E-state index is 0.0963. The van der Waals surface area contributed by atoms with Crippen molar-refractivity contribution in [2.75, 3.05) is 7.11 Å². The van der Waals surface area contributed by atoms with E-state index < -0.39 is 5.97 Å². The zero-order valence-corrected chi connectivity index (χ0v) is 16.8. The number of hydrogen-bond acceptors (Lipinski definition) is 5. The van der Waals surface area contributed by atoms with Crippen LogP contribution in [0.3, 0.4) is 0 Å². The maximum atomic E-state index is 11.9. The first-order valence-electron chi connectivity index (χ1n) is 8.54. The summed E-state index contributed by atoms with van der Waals surface area (Å²) in [5.41, 5.74) is 3.45. The van der Waals surface area contributed by atoms with Gasteiger partial charge in [-0.2, -0.15) is 5.10 Å². The molecule has 0 amide bonds. The number of methoxy groups -OCH3 is 1. The number of ether oxygens (including phenoxy) is 2. The highest BCUT2D eigenvalue weighted by Gasteiger charge is 2.16. The number of esters is 1. The minimum Gasteiger partial charge on any atom is -0.485 e. The van der Waals surface area contributed by atoms with Gasteiger partial charge in [0.25, 0.3) is 0 Å². The average Bonchev–Trinajstić information content (AvgIpc) is 3.00. The number of carbonyl (C=O) groups excluding carboxylic acids is 1. The highest BCUT2D eigenvalue weighted by molar-refractivity contribution is 6.31. The first-order valence-corrected chi connectivity index (χ1v) is 8.92. The number of aromatic nitrogens is 3. The summed E-state index contributed by atoms with van der Waals surface area (Å²) in [6.07, 6.45) is 0. The van der Waals surface area contributed by atoms with E-state index in [0.29, 0.717) is 22.2 Å². The van der Waals surface area contributed by atoms with Crippen molar-refractivity contribution in [2.45, 2.75) is 20.5 Å². The molecule has 8 heteroatoms. The van der Waals surface area contributed by atoms with Crippen molar-refractivity contribution in [3.05, 3.63) is 68.4 Å². The second-order valence-electron chi connectivity index (χ2n) is 6.41. The molecule has 146 valence electrons. The molecule has 0 unspecified atom stereocenters. The molecule has 0 atom stereocenters. The number of aromatic amines is 1. The molecular weight excluding hydrogens is 382 g/mol. The second kappa shape index (κ2) is 7.90. The van der Waals surface area contributed by atoms with Crippen LogP contribution in [0.4, 0.5) is 0 Å². The van der Waals surface area contributed by atoms with Crippen molar-refractivity contribution >= 4 is 17.6 Å². The molecule has 3 aromatic rings. The van der Waals surface area contributed by atoms with Gasteiger partial charge >= 0.3 is 11.7 Å². The molecule has 0 aliphatic heterocycles. The van der Waals surface area contributed by atoms with E-state index in [0.717, 1.165) is 22.3 Å². The number of H-pyrrole nitrogens is 1. The Kier molecular flexibility index (Phi) is 5.56. The van der Waals surface area contributed by atoms with Gasteiger partial charge in [0, 0.05) is 17.6 Å². The van der Waals surface area contributed by atoms with E-state index in [1.165, 1.54) is 11.7 Å². The Bertz CT molecular complexity index is 1100. The summed E-state index contributed by atoms with van der Waals surface area (Å²) >= 11 is 6.35. The number of aryl methyl sites for hydroxylation is 2. The molecule has 0 saturated carbocycles. The molecule has 0 spiro atoms. The summed E-state index contributed by atoms with van der Waals surface area (Å²) < 4.78 is 12.2. The Labute approximate surface area is 166 Å². The first-order chi connectivity index (χ1) is 13.3. The fourth-order valence-corrected chi connectivity index (χ4v) is 2.96. The van der Waals surface area contributed by atoms with Gasteiger partial charge in [0.15, 0.2) is 5.82 Å². The number of nitrogens with one attached hydrogen (secondary N) is 1. The molecule has 3 rings (SSSR count). The normalized spacial score (nSPS) is 10.8. The lowest BCUT2D eigenvalue weighted by Crippen LogP contribution is -2.15. The number of nitrogens with zero attached hydrogens (tertiary/aromatic N) is 2. The van der Waals surface area contributed by atoms with Crippen molar-refractivity contribution in [1.29, 1.82) is 0 Å². The molecular formula is C20H20ClN3O4. The summed E-state index contributed by atoms with van der Waals surface area (Å²) in [5, 5.41) is 6.91. The van der Waals surface area contributed by atoms with Gasteiger partial charge in [-0.05, 0) is 54.8 Å². The lowest BCUT2D eigenvalue weighted by Gasteiger charge is -2.16. The van der Waals surface area contributed by atoms with Crippen LogP contribution in [0.5, 0.6) is 5.75 Å². The van der Waals surface area contributed by atoms with Crippen molar-refractivity contribution in [1.82, 2.24) is 14.8 Å². The molecule has 7 nitrogen and oxygen atoms in total. The van der Waals surface area contributed by atoms with Gasteiger partial charge in [-0.1, -0.05) is 17.7 Å². The van der Waals surface area contributed by atoms with E-state index in [2.05, 4.69) is 10.2 Å². The molecule has 1 aromatic heterocycles. The third-order valence-electron chi connectivity index (χ3n) is 4.54. The quantitative estimate of drug-likeness (QED) is 0.662. The predicted molar refractivity (Wildman–Crippen MR) is 106 cm³/mol. The molecule has 0 aliphatic carbocycles. The zero-order chi connectivity index (χ0) is 20.4. The van der Waals surface area contributed by atoms with E-state index in [9.17, 15) is 9.59 Å². The lowest BCUT2D eigenvalue weighted by atomic mass is 9.96. The average molecular weight is 402 g/mol. The highest BCUT2D eigenvalue weighted by atomic mass is 35.5. The summed E-state index contributed by atoms with van der Waals surface area (Å²) in [4.78, 5) is 23.5. The van der Waals surface area contributed by atoms with Crippen LogP contribution in [0.15, 0.2) is 35.1 Å². The first kappa shape index (κ1) is 19.7. The molecule has 0 bridgehead atoms. The topological polar surface area (TPSA) is 86.2 Å². The van der Waals surface area contributed by atoms with E-state index in [-0.39, 0.29) is 12.3 Å². The van der Waals surface area contributed by atoms with E-state index in [4.69, 9.17) is 21.1 Å². The molecule has 1 heterocycles. The number of benzene rings is 2. The van der Waals surface area contributed by atoms with Crippen LogP contribution in [0, 0.1) is 13.8 Å². The summed E-state index contributed by atoms with van der Waals surface area (Å²) in [6.45, 7) is 3.91. The van der Waals surface area contributed by atoms with Crippen LogP contribution in [0.1, 0.15) is 27.3 Å². The highest BCUT2D eigenvalue weighted by Crippen LogP contribution is 2.37. The monoisotopic (exact) mass is 401 g/mol. The molecule has 1 N–H and O–H groups in total. The molecule has 28 heavy (non-hydrogen) atoms. The number of carbonyl (C=O) groups is 1. The summed E-state index contributed by atoms with van der Waals surface area (Å²) in [7, 11) is 2.95. The zero-order valence-electron chi connectivity index (χ0n) is 16.0.